The number of rotatable bonds is 4. The SMILES string of the molecule is N#Cc1ccc(N2CC(CCCO)OCC2=O)cc1. The number of nitrogens with zero attached hydrogens (tertiary/aromatic N) is 2. The molecule has 0 saturated carbocycles. The van der Waals surface area contributed by atoms with E-state index < -0.39 is 0 Å². The number of aliphatic hydroxyl groups is 1. The Kier molecular flexibility index (Phi) is 4.50. The van der Waals surface area contributed by atoms with Gasteiger partial charge < -0.3 is 14.7 Å². The summed E-state index contributed by atoms with van der Waals surface area (Å²) < 4.78 is 5.43. The first-order valence-electron chi connectivity index (χ1n) is 6.27. The molecule has 1 unspecified atom stereocenters. The molecule has 1 amide bonds. The lowest BCUT2D eigenvalue weighted by Crippen LogP contribution is -2.46. The third-order valence-electron chi connectivity index (χ3n) is 3.12. The van der Waals surface area contributed by atoms with Crippen molar-refractivity contribution in [1.29, 1.82) is 5.26 Å². The molecule has 1 N–H and O–H groups in total. The van der Waals surface area contributed by atoms with Crippen LogP contribution in [0.2, 0.25) is 0 Å². The molecule has 1 aromatic carbocycles. The molecule has 1 aliphatic heterocycles. The van der Waals surface area contributed by atoms with Crippen LogP contribution in [-0.2, 0) is 9.53 Å². The molecule has 2 rings (SSSR count). The molecule has 0 bridgehead atoms. The van der Waals surface area contributed by atoms with Gasteiger partial charge in [0.05, 0.1) is 24.3 Å². The van der Waals surface area contributed by atoms with Gasteiger partial charge in [-0.2, -0.15) is 5.26 Å². The highest BCUT2D eigenvalue weighted by Crippen LogP contribution is 2.20. The molecule has 19 heavy (non-hydrogen) atoms. The fourth-order valence-electron chi connectivity index (χ4n) is 2.08. The van der Waals surface area contributed by atoms with E-state index in [1.165, 1.54) is 0 Å². The lowest BCUT2D eigenvalue weighted by atomic mass is 10.1. The van der Waals surface area contributed by atoms with Crippen LogP contribution in [0.5, 0.6) is 0 Å². The number of carbonyl (C=O) groups excluding carboxylic acids is 1. The van der Waals surface area contributed by atoms with Gasteiger partial charge in [0.25, 0.3) is 5.91 Å². The van der Waals surface area contributed by atoms with Crippen molar-refractivity contribution in [2.24, 2.45) is 0 Å². The summed E-state index contributed by atoms with van der Waals surface area (Å²) in [5, 5.41) is 17.6. The monoisotopic (exact) mass is 260 g/mol. The summed E-state index contributed by atoms with van der Waals surface area (Å²) >= 11 is 0. The fraction of sp³-hybridized carbons (Fsp3) is 0.429. The summed E-state index contributed by atoms with van der Waals surface area (Å²) in [7, 11) is 0. The molecule has 5 nitrogen and oxygen atoms in total. The number of benzene rings is 1. The van der Waals surface area contributed by atoms with Crippen LogP contribution in [0.1, 0.15) is 18.4 Å². The van der Waals surface area contributed by atoms with Crippen molar-refractivity contribution in [3.05, 3.63) is 29.8 Å². The first kappa shape index (κ1) is 13.5. The van der Waals surface area contributed by atoms with Gasteiger partial charge in [-0.25, -0.2) is 0 Å². The van der Waals surface area contributed by atoms with Gasteiger partial charge in [0.2, 0.25) is 0 Å². The Morgan fingerprint density at radius 1 is 1.42 bits per heavy atom. The van der Waals surface area contributed by atoms with Crippen LogP contribution in [-0.4, -0.2) is 36.9 Å². The zero-order valence-electron chi connectivity index (χ0n) is 10.6. The average Bonchev–Trinajstić information content (AvgIpc) is 2.46. The van der Waals surface area contributed by atoms with Crippen molar-refractivity contribution in [3.8, 4) is 6.07 Å². The van der Waals surface area contributed by atoms with Gasteiger partial charge in [-0.3, -0.25) is 4.79 Å². The predicted molar refractivity (Wildman–Crippen MR) is 69.6 cm³/mol. The molecule has 1 saturated heterocycles. The molecule has 1 atom stereocenters. The lowest BCUT2D eigenvalue weighted by Gasteiger charge is -2.32. The van der Waals surface area contributed by atoms with Gasteiger partial charge in [-0.15, -0.1) is 0 Å². The molecule has 0 spiro atoms. The number of anilines is 1. The van der Waals surface area contributed by atoms with Gasteiger partial charge >= 0.3 is 0 Å². The normalized spacial score (nSPS) is 19.3. The van der Waals surface area contributed by atoms with E-state index in [4.69, 9.17) is 15.1 Å². The molecule has 0 radical (unpaired) electrons. The molecular formula is C14H16N2O3. The van der Waals surface area contributed by atoms with Crippen molar-refractivity contribution in [3.63, 3.8) is 0 Å². The Morgan fingerprint density at radius 3 is 2.79 bits per heavy atom. The number of aliphatic hydroxyl groups excluding tert-OH is 1. The van der Waals surface area contributed by atoms with E-state index in [9.17, 15) is 4.79 Å². The van der Waals surface area contributed by atoms with Crippen LogP contribution in [0.15, 0.2) is 24.3 Å². The van der Waals surface area contributed by atoms with Gasteiger partial charge in [0.15, 0.2) is 0 Å². The maximum absolute atomic E-state index is 11.9. The van der Waals surface area contributed by atoms with E-state index in [0.29, 0.717) is 18.5 Å². The van der Waals surface area contributed by atoms with E-state index >= 15 is 0 Å². The number of hydrogen-bond donors (Lipinski definition) is 1. The standard InChI is InChI=1S/C14H16N2O3/c15-8-11-3-5-12(6-4-11)16-9-13(2-1-7-17)19-10-14(16)18/h3-6,13,17H,1-2,7,9-10H2. The number of morpholine rings is 1. The second-order valence-electron chi connectivity index (χ2n) is 4.46. The third kappa shape index (κ3) is 3.31. The van der Waals surface area contributed by atoms with E-state index in [1.807, 2.05) is 6.07 Å². The molecule has 1 aliphatic rings. The van der Waals surface area contributed by atoms with Gasteiger partial charge in [-0.1, -0.05) is 0 Å². The highest BCUT2D eigenvalue weighted by Gasteiger charge is 2.26. The summed E-state index contributed by atoms with van der Waals surface area (Å²) in [6.45, 7) is 0.686. The van der Waals surface area contributed by atoms with Crippen molar-refractivity contribution < 1.29 is 14.6 Å². The molecule has 1 aromatic rings. The quantitative estimate of drug-likeness (QED) is 0.878. The second kappa shape index (κ2) is 6.32. The van der Waals surface area contributed by atoms with Crippen LogP contribution in [0.4, 0.5) is 5.69 Å². The lowest BCUT2D eigenvalue weighted by molar-refractivity contribution is -0.129. The van der Waals surface area contributed by atoms with E-state index in [1.54, 1.807) is 29.2 Å². The van der Waals surface area contributed by atoms with Crippen LogP contribution < -0.4 is 4.90 Å². The van der Waals surface area contributed by atoms with Crippen molar-refractivity contribution >= 4 is 11.6 Å². The first-order chi connectivity index (χ1) is 9.24. The minimum absolute atomic E-state index is 0.0412. The van der Waals surface area contributed by atoms with Crippen LogP contribution in [0, 0.1) is 11.3 Å². The third-order valence-corrected chi connectivity index (χ3v) is 3.12. The topological polar surface area (TPSA) is 73.6 Å². The largest absolute Gasteiger partial charge is 0.396 e. The summed E-state index contributed by atoms with van der Waals surface area (Å²) in [5.74, 6) is -0.0787. The molecule has 1 fully saturated rings. The minimum Gasteiger partial charge on any atom is -0.396 e. The first-order valence-corrected chi connectivity index (χ1v) is 6.27. The molecule has 0 aromatic heterocycles. The summed E-state index contributed by atoms with van der Waals surface area (Å²) in [6, 6.07) is 8.98. The number of nitriles is 1. The van der Waals surface area contributed by atoms with E-state index in [0.717, 1.165) is 12.1 Å². The van der Waals surface area contributed by atoms with Gasteiger partial charge in [0, 0.05) is 12.3 Å². The van der Waals surface area contributed by atoms with E-state index in [-0.39, 0.29) is 25.2 Å². The zero-order valence-corrected chi connectivity index (χ0v) is 10.6. The number of amides is 1. The van der Waals surface area contributed by atoms with Crippen molar-refractivity contribution in [1.82, 2.24) is 0 Å². The molecule has 1 heterocycles. The molecular weight excluding hydrogens is 244 g/mol. The Hall–Kier alpha value is -1.90. The average molecular weight is 260 g/mol. The summed E-state index contributed by atoms with van der Waals surface area (Å²) in [4.78, 5) is 13.5. The van der Waals surface area contributed by atoms with Crippen LogP contribution in [0.3, 0.4) is 0 Å². The highest BCUT2D eigenvalue weighted by molar-refractivity contribution is 5.95. The van der Waals surface area contributed by atoms with Crippen LogP contribution in [0.25, 0.3) is 0 Å². The van der Waals surface area contributed by atoms with Crippen molar-refractivity contribution in [2.45, 2.75) is 18.9 Å². The number of carbonyl (C=O) groups is 1. The Bertz CT molecular complexity index is 478. The minimum atomic E-state index is -0.0787. The Balaban J connectivity index is 2.07. The smallest absolute Gasteiger partial charge is 0.253 e. The van der Waals surface area contributed by atoms with Crippen LogP contribution >= 0.6 is 0 Å². The fourth-order valence-corrected chi connectivity index (χ4v) is 2.08. The predicted octanol–water partition coefficient (Wildman–Crippen LogP) is 1.06. The number of hydrogen-bond acceptors (Lipinski definition) is 4. The maximum atomic E-state index is 11.9. The Morgan fingerprint density at radius 2 is 2.16 bits per heavy atom. The summed E-state index contributed by atoms with van der Waals surface area (Å²) in [5.41, 5.74) is 1.35. The second-order valence-corrected chi connectivity index (χ2v) is 4.46. The van der Waals surface area contributed by atoms with Crippen molar-refractivity contribution in [2.75, 3.05) is 24.7 Å². The van der Waals surface area contributed by atoms with Gasteiger partial charge in [0.1, 0.15) is 6.61 Å². The van der Waals surface area contributed by atoms with Gasteiger partial charge in [-0.05, 0) is 37.1 Å². The molecule has 0 aliphatic carbocycles. The summed E-state index contributed by atoms with van der Waals surface area (Å²) in [6.07, 6.45) is 1.36. The number of ether oxygens (including phenoxy) is 1. The Labute approximate surface area is 112 Å². The van der Waals surface area contributed by atoms with E-state index in [2.05, 4.69) is 0 Å². The maximum Gasteiger partial charge on any atom is 0.253 e. The highest BCUT2D eigenvalue weighted by atomic mass is 16.5. The zero-order chi connectivity index (χ0) is 13.7. The molecule has 5 heteroatoms. The molecule has 100 valence electrons.